The number of para-hydroxylation sites is 1. The molecule has 25 heavy (non-hydrogen) atoms. The van der Waals surface area contributed by atoms with Crippen LogP contribution in [0, 0.1) is 11.3 Å². The first-order chi connectivity index (χ1) is 12.2. The molecule has 0 radical (unpaired) electrons. The van der Waals surface area contributed by atoms with Crippen molar-refractivity contribution in [2.24, 2.45) is 0 Å². The van der Waals surface area contributed by atoms with E-state index in [9.17, 15) is 5.26 Å². The van der Waals surface area contributed by atoms with Gasteiger partial charge in [-0.1, -0.05) is 38.1 Å². The average Bonchev–Trinajstić information content (AvgIpc) is 2.65. The molecule has 0 fully saturated rings. The standard InChI is InChI=1S/C21H19N3O/c1-15(2)19-12-20-16(7-6-10-23-20)11-21(19)25-18(13-22)14-24-17-8-4-3-5-9-17/h3-12,14-15,24H,1-2H3/b18-14+. The molecule has 0 saturated heterocycles. The van der Waals surface area contributed by atoms with E-state index in [-0.39, 0.29) is 11.7 Å². The lowest BCUT2D eigenvalue weighted by Crippen LogP contribution is -2.01. The van der Waals surface area contributed by atoms with Gasteiger partial charge in [0.25, 0.3) is 0 Å². The minimum absolute atomic E-state index is 0.203. The van der Waals surface area contributed by atoms with E-state index in [4.69, 9.17) is 4.74 Å². The van der Waals surface area contributed by atoms with Gasteiger partial charge in [0, 0.05) is 17.3 Å². The number of allylic oxidation sites excluding steroid dienone is 1. The summed E-state index contributed by atoms with van der Waals surface area (Å²) in [7, 11) is 0. The van der Waals surface area contributed by atoms with Crippen LogP contribution in [-0.4, -0.2) is 4.98 Å². The highest BCUT2D eigenvalue weighted by atomic mass is 16.5. The Morgan fingerprint density at radius 2 is 1.96 bits per heavy atom. The summed E-state index contributed by atoms with van der Waals surface area (Å²) in [5.41, 5.74) is 2.83. The molecule has 4 nitrogen and oxygen atoms in total. The summed E-state index contributed by atoms with van der Waals surface area (Å²) in [6, 6.07) is 19.6. The number of ether oxygens (including phenoxy) is 1. The quantitative estimate of drug-likeness (QED) is 0.515. The maximum absolute atomic E-state index is 9.41. The third-order valence-electron chi connectivity index (χ3n) is 3.83. The molecule has 0 spiro atoms. The van der Waals surface area contributed by atoms with Crippen LogP contribution in [0.3, 0.4) is 0 Å². The second kappa shape index (κ2) is 7.50. The fraction of sp³-hybridized carbons (Fsp3) is 0.143. The number of benzene rings is 2. The lowest BCUT2D eigenvalue weighted by Gasteiger charge is -2.14. The minimum atomic E-state index is 0.203. The van der Waals surface area contributed by atoms with E-state index in [2.05, 4.69) is 30.2 Å². The van der Waals surface area contributed by atoms with Crippen molar-refractivity contribution >= 4 is 16.6 Å². The monoisotopic (exact) mass is 329 g/mol. The summed E-state index contributed by atoms with van der Waals surface area (Å²) in [6.07, 6.45) is 3.35. The van der Waals surface area contributed by atoms with Crippen molar-refractivity contribution in [3.8, 4) is 11.8 Å². The van der Waals surface area contributed by atoms with Gasteiger partial charge in [0.15, 0.2) is 0 Å². The smallest absolute Gasteiger partial charge is 0.219 e. The summed E-state index contributed by atoms with van der Waals surface area (Å²) in [6.45, 7) is 4.18. The summed E-state index contributed by atoms with van der Waals surface area (Å²) < 4.78 is 5.90. The van der Waals surface area contributed by atoms with Crippen LogP contribution in [0.25, 0.3) is 10.9 Å². The van der Waals surface area contributed by atoms with Crippen molar-refractivity contribution < 1.29 is 4.74 Å². The highest BCUT2D eigenvalue weighted by molar-refractivity contribution is 5.81. The van der Waals surface area contributed by atoms with Crippen molar-refractivity contribution in [1.29, 1.82) is 5.26 Å². The Kier molecular flexibility index (Phi) is 4.96. The lowest BCUT2D eigenvalue weighted by atomic mass is 10.00. The topological polar surface area (TPSA) is 57.9 Å². The predicted molar refractivity (Wildman–Crippen MR) is 100 cm³/mol. The SMILES string of the molecule is CC(C)c1cc2ncccc2cc1O/C(C#N)=C/Nc1ccccc1. The molecule has 2 aromatic carbocycles. The molecule has 1 aromatic heterocycles. The third-order valence-corrected chi connectivity index (χ3v) is 3.83. The number of fused-ring (bicyclic) bond motifs is 1. The van der Waals surface area contributed by atoms with Crippen LogP contribution in [0.4, 0.5) is 5.69 Å². The number of nitrogens with one attached hydrogen (secondary N) is 1. The molecular formula is C21H19N3O. The average molecular weight is 329 g/mol. The van der Waals surface area contributed by atoms with Crippen LogP contribution in [0.5, 0.6) is 5.75 Å². The summed E-state index contributed by atoms with van der Waals surface area (Å²) in [4.78, 5) is 4.39. The van der Waals surface area contributed by atoms with Crippen LogP contribution >= 0.6 is 0 Å². The Hall–Kier alpha value is -3.32. The Morgan fingerprint density at radius 3 is 2.68 bits per heavy atom. The minimum Gasteiger partial charge on any atom is -0.444 e. The Morgan fingerprint density at radius 1 is 1.16 bits per heavy atom. The van der Waals surface area contributed by atoms with E-state index in [1.54, 1.807) is 12.4 Å². The molecule has 4 heteroatoms. The maximum atomic E-state index is 9.41. The number of anilines is 1. The van der Waals surface area contributed by atoms with Crippen LogP contribution in [0.1, 0.15) is 25.3 Å². The number of nitrogens with zero attached hydrogens (tertiary/aromatic N) is 2. The van der Waals surface area contributed by atoms with Crippen molar-refractivity contribution in [3.05, 3.63) is 78.3 Å². The van der Waals surface area contributed by atoms with Gasteiger partial charge in [-0.25, -0.2) is 0 Å². The number of aromatic nitrogens is 1. The van der Waals surface area contributed by atoms with Gasteiger partial charge in [0.1, 0.15) is 11.8 Å². The van der Waals surface area contributed by atoms with E-state index in [1.807, 2.05) is 54.6 Å². The zero-order valence-corrected chi connectivity index (χ0v) is 14.2. The zero-order valence-electron chi connectivity index (χ0n) is 14.2. The highest BCUT2D eigenvalue weighted by Crippen LogP contribution is 2.31. The molecule has 0 amide bonds. The van der Waals surface area contributed by atoms with E-state index >= 15 is 0 Å². The predicted octanol–water partition coefficient (Wildman–Crippen LogP) is 5.21. The summed E-state index contributed by atoms with van der Waals surface area (Å²) in [5, 5.41) is 13.5. The number of nitriles is 1. The maximum Gasteiger partial charge on any atom is 0.219 e. The van der Waals surface area contributed by atoms with E-state index in [0.29, 0.717) is 5.75 Å². The number of pyridine rings is 1. The fourth-order valence-electron chi connectivity index (χ4n) is 2.54. The Bertz CT molecular complexity index is 940. The Labute approximate surface area is 147 Å². The van der Waals surface area contributed by atoms with Gasteiger partial charge in [0.2, 0.25) is 5.76 Å². The first-order valence-electron chi connectivity index (χ1n) is 8.16. The second-order valence-corrected chi connectivity index (χ2v) is 5.97. The molecule has 3 aromatic rings. The summed E-state index contributed by atoms with van der Waals surface area (Å²) >= 11 is 0. The first-order valence-corrected chi connectivity index (χ1v) is 8.16. The van der Waals surface area contributed by atoms with Crippen LogP contribution in [0.2, 0.25) is 0 Å². The van der Waals surface area contributed by atoms with Crippen molar-refractivity contribution in [3.63, 3.8) is 0 Å². The molecule has 0 aliphatic rings. The van der Waals surface area contributed by atoms with Gasteiger partial charge >= 0.3 is 0 Å². The largest absolute Gasteiger partial charge is 0.444 e. The molecule has 1 N–H and O–H groups in total. The molecule has 1 heterocycles. The van der Waals surface area contributed by atoms with Gasteiger partial charge in [-0.05, 0) is 41.8 Å². The fourth-order valence-corrected chi connectivity index (χ4v) is 2.54. The van der Waals surface area contributed by atoms with E-state index < -0.39 is 0 Å². The molecule has 0 unspecified atom stereocenters. The van der Waals surface area contributed by atoms with Gasteiger partial charge < -0.3 is 10.1 Å². The van der Waals surface area contributed by atoms with Crippen LogP contribution in [0.15, 0.2) is 72.8 Å². The van der Waals surface area contributed by atoms with Gasteiger partial charge in [-0.2, -0.15) is 5.26 Å². The summed E-state index contributed by atoms with van der Waals surface area (Å²) in [5.74, 6) is 1.13. The number of hydrogen-bond donors (Lipinski definition) is 1. The van der Waals surface area contributed by atoms with Crippen LogP contribution in [-0.2, 0) is 0 Å². The van der Waals surface area contributed by atoms with Gasteiger partial charge in [-0.3, -0.25) is 4.98 Å². The molecular weight excluding hydrogens is 310 g/mol. The van der Waals surface area contributed by atoms with Gasteiger partial charge in [0.05, 0.1) is 11.7 Å². The van der Waals surface area contributed by atoms with Crippen molar-refractivity contribution in [1.82, 2.24) is 4.98 Å². The molecule has 124 valence electrons. The molecule has 0 bridgehead atoms. The first kappa shape index (κ1) is 16.5. The molecule has 0 aliphatic heterocycles. The van der Waals surface area contributed by atoms with Gasteiger partial charge in [-0.15, -0.1) is 0 Å². The molecule has 0 aliphatic carbocycles. The van der Waals surface area contributed by atoms with Crippen LogP contribution < -0.4 is 10.1 Å². The van der Waals surface area contributed by atoms with E-state index in [1.165, 1.54) is 0 Å². The van der Waals surface area contributed by atoms with Crippen molar-refractivity contribution in [2.75, 3.05) is 5.32 Å². The third kappa shape index (κ3) is 3.96. The number of rotatable bonds is 5. The zero-order chi connectivity index (χ0) is 17.6. The molecule has 0 atom stereocenters. The molecule has 3 rings (SSSR count). The van der Waals surface area contributed by atoms with Crippen molar-refractivity contribution in [2.45, 2.75) is 19.8 Å². The highest BCUT2D eigenvalue weighted by Gasteiger charge is 2.12. The van der Waals surface area contributed by atoms with E-state index in [0.717, 1.165) is 22.2 Å². The Balaban J connectivity index is 1.92. The molecule has 0 saturated carbocycles. The lowest BCUT2D eigenvalue weighted by molar-refractivity contribution is 0.440. The normalized spacial score (nSPS) is 11.4. The second-order valence-electron chi connectivity index (χ2n) is 5.97. The number of hydrogen-bond acceptors (Lipinski definition) is 4.